The van der Waals surface area contributed by atoms with E-state index >= 15 is 0 Å². The quantitative estimate of drug-likeness (QED) is 0.275. The Morgan fingerprint density at radius 1 is 0.588 bits per heavy atom. The first-order valence-corrected chi connectivity index (χ1v) is 13.1. The van der Waals surface area contributed by atoms with Crippen molar-refractivity contribution in [3.8, 4) is 11.3 Å². The Balaban J connectivity index is 1.72. The number of aromatic amines is 2. The fourth-order valence-electron chi connectivity index (χ4n) is 4.51. The smallest absolute Gasteiger partial charge is 0.275 e. The van der Waals surface area contributed by atoms with Crippen molar-refractivity contribution in [2.75, 3.05) is 6.16 Å². The Kier molecular flexibility index (Phi) is 6.07. The van der Waals surface area contributed by atoms with Gasteiger partial charge in [0.2, 0.25) is 5.78 Å². The third-order valence-electron chi connectivity index (χ3n) is 6.09. The van der Waals surface area contributed by atoms with Crippen molar-refractivity contribution < 1.29 is 4.79 Å². The molecule has 0 fully saturated rings. The van der Waals surface area contributed by atoms with Crippen molar-refractivity contribution in [3.05, 3.63) is 137 Å². The van der Waals surface area contributed by atoms with Crippen LogP contribution in [-0.2, 0) is 0 Å². The maximum atomic E-state index is 14.0. The summed E-state index contributed by atoms with van der Waals surface area (Å²) in [5.41, 5.74) is 1.12. The summed E-state index contributed by atoms with van der Waals surface area (Å²) in [4.78, 5) is 26.9. The Morgan fingerprint density at radius 3 is 1.44 bits per heavy atom. The number of H-pyrrole nitrogens is 2. The maximum absolute atomic E-state index is 14.0. The van der Waals surface area contributed by atoms with Gasteiger partial charge in [-0.1, -0.05) is 84.9 Å². The summed E-state index contributed by atoms with van der Waals surface area (Å²) >= 11 is 0. The van der Waals surface area contributed by atoms with Crippen LogP contribution >= 0.6 is 7.26 Å². The summed E-state index contributed by atoms with van der Waals surface area (Å²) in [5.74, 6) is -0.175. The first kappa shape index (κ1) is 21.8. The molecule has 5 aromatic rings. The van der Waals surface area contributed by atoms with Gasteiger partial charge in [-0.15, -0.1) is 0 Å². The number of benzene rings is 4. The van der Waals surface area contributed by atoms with Crippen molar-refractivity contribution in [2.24, 2.45) is 0 Å². The molecule has 1 aromatic heterocycles. The Bertz CT molecular complexity index is 1350. The lowest BCUT2D eigenvalue weighted by Crippen LogP contribution is -2.36. The molecule has 34 heavy (non-hydrogen) atoms. The van der Waals surface area contributed by atoms with Crippen LogP contribution in [0.5, 0.6) is 0 Å². The van der Waals surface area contributed by atoms with Crippen LogP contribution in [0.15, 0.2) is 126 Å². The Hall–Kier alpha value is -4.01. The molecule has 0 amide bonds. The fraction of sp³-hybridized carbons (Fsp3) is 0.0345. The summed E-state index contributed by atoms with van der Waals surface area (Å²) in [6.07, 6.45) is 0.214. The topological polar surface area (TPSA) is 65.7 Å². The van der Waals surface area contributed by atoms with Gasteiger partial charge in [0.25, 0.3) is 5.56 Å². The number of nitrogens with one attached hydrogen (secondary N) is 2. The average Bonchev–Trinajstić information content (AvgIpc) is 3.31. The largest absolute Gasteiger partial charge is 0.297 e. The van der Waals surface area contributed by atoms with Crippen LogP contribution in [0.2, 0.25) is 0 Å². The molecule has 0 spiro atoms. The monoisotopic (exact) mass is 463 g/mol. The zero-order valence-corrected chi connectivity index (χ0v) is 19.4. The summed E-state index contributed by atoms with van der Waals surface area (Å²) in [5, 5.41) is 8.88. The molecule has 0 unspecified atom stereocenters. The molecule has 0 aliphatic carbocycles. The lowest BCUT2D eigenvalue weighted by molar-refractivity contribution is 0.102. The van der Waals surface area contributed by atoms with E-state index in [4.69, 9.17) is 0 Å². The highest BCUT2D eigenvalue weighted by molar-refractivity contribution is 7.96. The van der Waals surface area contributed by atoms with E-state index in [9.17, 15) is 9.59 Å². The van der Waals surface area contributed by atoms with Crippen LogP contribution in [0.3, 0.4) is 0 Å². The number of carbonyl (C=O) groups excluding carboxylic acids is 1. The lowest BCUT2D eigenvalue weighted by atomic mass is 10.1. The van der Waals surface area contributed by atoms with Gasteiger partial charge in [-0.05, 0) is 36.4 Å². The van der Waals surface area contributed by atoms with Crippen LogP contribution in [0, 0.1) is 0 Å². The van der Waals surface area contributed by atoms with Gasteiger partial charge in [0.05, 0.1) is 5.69 Å². The molecule has 5 rings (SSSR count). The van der Waals surface area contributed by atoms with Gasteiger partial charge in [0, 0.05) is 5.56 Å². The number of hydrogen-bond acceptors (Lipinski definition) is 2. The molecule has 2 N–H and O–H groups in total. The van der Waals surface area contributed by atoms with Crippen molar-refractivity contribution in [3.63, 3.8) is 0 Å². The highest BCUT2D eigenvalue weighted by Gasteiger charge is 2.48. The fourth-order valence-corrected chi connectivity index (χ4v) is 8.58. The molecule has 4 nitrogen and oxygen atoms in total. The minimum atomic E-state index is -2.40. The highest BCUT2D eigenvalue weighted by Crippen LogP contribution is 2.55. The molecule has 0 saturated heterocycles. The van der Waals surface area contributed by atoms with Crippen LogP contribution in [0.4, 0.5) is 0 Å². The predicted octanol–water partition coefficient (Wildman–Crippen LogP) is 4.55. The minimum Gasteiger partial charge on any atom is -0.297 e. The molecule has 166 valence electrons. The van der Waals surface area contributed by atoms with Gasteiger partial charge in [-0.25, -0.2) is 0 Å². The molecule has 5 heteroatoms. The number of ketones is 1. The summed E-state index contributed by atoms with van der Waals surface area (Å²) in [6, 6.07) is 40.1. The van der Waals surface area contributed by atoms with E-state index in [1.807, 2.05) is 84.9 Å². The van der Waals surface area contributed by atoms with Gasteiger partial charge in [-0.2, -0.15) is 0 Å². The number of aromatic nitrogens is 2. The first-order chi connectivity index (χ1) is 16.7. The maximum Gasteiger partial charge on any atom is 0.275 e. The van der Waals surface area contributed by atoms with E-state index < -0.39 is 12.8 Å². The number of carbonyl (C=O) groups is 1. The second-order valence-electron chi connectivity index (χ2n) is 8.09. The van der Waals surface area contributed by atoms with E-state index in [0.717, 1.165) is 21.5 Å². The van der Waals surface area contributed by atoms with Gasteiger partial charge < -0.3 is 0 Å². The van der Waals surface area contributed by atoms with Gasteiger partial charge in [-0.3, -0.25) is 19.8 Å². The first-order valence-electron chi connectivity index (χ1n) is 11.1. The van der Waals surface area contributed by atoms with E-state index in [-0.39, 0.29) is 17.5 Å². The van der Waals surface area contributed by atoms with Crippen LogP contribution in [0.25, 0.3) is 11.3 Å². The third-order valence-corrected chi connectivity index (χ3v) is 10.4. The Labute approximate surface area is 198 Å². The summed E-state index contributed by atoms with van der Waals surface area (Å²) in [6.45, 7) is 0. The minimum absolute atomic E-state index is 0.175. The highest BCUT2D eigenvalue weighted by atomic mass is 31.2. The number of Topliss-reactive ketones (excluding diaryl/α,β-unsaturated/α-hetero) is 1. The zero-order chi connectivity index (χ0) is 23.4. The van der Waals surface area contributed by atoms with E-state index in [0.29, 0.717) is 5.69 Å². The summed E-state index contributed by atoms with van der Waals surface area (Å²) < 4.78 is 0. The summed E-state index contributed by atoms with van der Waals surface area (Å²) in [7, 11) is -2.40. The molecular formula is C29H24N2O2P+. The number of rotatable bonds is 7. The zero-order valence-electron chi connectivity index (χ0n) is 18.5. The van der Waals surface area contributed by atoms with Gasteiger partial charge >= 0.3 is 0 Å². The molecule has 0 bridgehead atoms. The van der Waals surface area contributed by atoms with E-state index in [1.54, 1.807) is 0 Å². The van der Waals surface area contributed by atoms with Crippen LogP contribution < -0.4 is 21.5 Å². The average molecular weight is 463 g/mol. The molecule has 4 aromatic carbocycles. The normalized spacial score (nSPS) is 11.3. The van der Waals surface area contributed by atoms with E-state index in [1.165, 1.54) is 0 Å². The Morgan fingerprint density at radius 2 is 1.00 bits per heavy atom. The molecule has 0 atom stereocenters. The molecular weight excluding hydrogens is 439 g/mol. The van der Waals surface area contributed by atoms with E-state index in [2.05, 4.69) is 46.6 Å². The third kappa shape index (κ3) is 3.93. The SMILES string of the molecule is O=C(C[P+](c1ccccc1)(c1ccccc1)c1ccccc1)c1c(-c2ccccc2)[nH][nH]c1=O. The van der Waals surface area contributed by atoms with Crippen molar-refractivity contribution in [2.45, 2.75) is 0 Å². The van der Waals surface area contributed by atoms with Gasteiger partial charge in [0.15, 0.2) is 0 Å². The number of hydrogen-bond donors (Lipinski definition) is 2. The lowest BCUT2D eigenvalue weighted by Gasteiger charge is -2.27. The van der Waals surface area contributed by atoms with Crippen molar-refractivity contribution in [1.29, 1.82) is 0 Å². The molecule has 0 saturated carbocycles. The molecule has 0 radical (unpaired) electrons. The molecule has 0 aliphatic heterocycles. The molecule has 0 aliphatic rings. The second-order valence-corrected chi connectivity index (χ2v) is 11.6. The second kappa shape index (κ2) is 9.46. The molecule has 1 heterocycles. The van der Waals surface area contributed by atoms with Crippen LogP contribution in [0.1, 0.15) is 10.4 Å². The van der Waals surface area contributed by atoms with Gasteiger partial charge in [0.1, 0.15) is 34.9 Å². The van der Waals surface area contributed by atoms with Crippen LogP contribution in [-0.4, -0.2) is 22.1 Å². The standard InChI is InChI=1S/C29H23N2O2P/c32-26(27-28(30-31-29(27)33)22-13-5-1-6-14-22)21-34(23-15-7-2-8-16-23,24-17-9-3-10-18-24)25-19-11-4-12-20-25/h1-20H,21H2,(H-,30,31,32,33)/p+1. The van der Waals surface area contributed by atoms with Crippen molar-refractivity contribution >= 4 is 29.0 Å². The van der Waals surface area contributed by atoms with Crippen molar-refractivity contribution in [1.82, 2.24) is 10.2 Å². The predicted molar refractivity (Wildman–Crippen MR) is 141 cm³/mol.